The van der Waals surface area contributed by atoms with Gasteiger partial charge in [-0.25, -0.2) is 0 Å². The number of aromatic hydroxyl groups is 2. The van der Waals surface area contributed by atoms with Crippen LogP contribution >= 0.6 is 0 Å². The molecule has 0 unspecified atom stereocenters. The standard InChI is InChI=1S/C26H22N2O2.C25H20N2O2/c27-26(28-30)24-17-19(15-18-7-3-1-4-8-18)16-23(20-11-13-22(29)14-12-20)25(24)21-9-5-2-6-10-21;26-25(27-29)23-16-20(17-7-3-1-4-8-17)15-22(18-11-13-21(28)14-12-18)24(23)19-9-5-2-6-10-19/h1-14,16-17,29-30H,15H2,(H2,27,28);1-16,28-29H,(H2,26,27). The Morgan fingerprint density at radius 3 is 1.20 bits per heavy atom. The average Bonchev–Trinajstić information content (AvgIpc) is 3.29. The summed E-state index contributed by atoms with van der Waals surface area (Å²) in [5.41, 5.74) is 25.2. The van der Waals surface area contributed by atoms with Crippen LogP contribution < -0.4 is 11.5 Å². The second kappa shape index (κ2) is 18.2. The van der Waals surface area contributed by atoms with Crippen LogP contribution in [0.1, 0.15) is 22.3 Å². The molecule has 8 N–H and O–H groups in total. The summed E-state index contributed by atoms with van der Waals surface area (Å²) < 4.78 is 0. The Morgan fingerprint density at radius 2 is 0.763 bits per heavy atom. The zero-order valence-corrected chi connectivity index (χ0v) is 32.0. The number of amidine groups is 2. The first-order valence-corrected chi connectivity index (χ1v) is 18.9. The molecule has 0 fully saturated rings. The minimum Gasteiger partial charge on any atom is -0.508 e. The quantitative estimate of drug-likeness (QED) is 0.0371. The van der Waals surface area contributed by atoms with Crippen LogP contribution in [0.3, 0.4) is 0 Å². The summed E-state index contributed by atoms with van der Waals surface area (Å²) in [4.78, 5) is 0. The van der Waals surface area contributed by atoms with E-state index in [1.165, 1.54) is 5.56 Å². The number of rotatable bonds is 9. The van der Waals surface area contributed by atoms with E-state index in [0.29, 0.717) is 17.5 Å². The monoisotopic (exact) mass is 774 g/mol. The van der Waals surface area contributed by atoms with Crippen LogP contribution in [0.4, 0.5) is 0 Å². The zero-order valence-electron chi connectivity index (χ0n) is 32.0. The van der Waals surface area contributed by atoms with Gasteiger partial charge in [0.1, 0.15) is 11.5 Å². The highest BCUT2D eigenvalue weighted by atomic mass is 16.4. The Balaban J connectivity index is 0.000000179. The largest absolute Gasteiger partial charge is 0.508 e. The fourth-order valence-corrected chi connectivity index (χ4v) is 7.16. The summed E-state index contributed by atoms with van der Waals surface area (Å²) in [6.07, 6.45) is 0.715. The molecule has 0 aliphatic carbocycles. The normalized spacial score (nSPS) is 11.4. The molecular weight excluding hydrogens is 733 g/mol. The van der Waals surface area contributed by atoms with Gasteiger partial charge in [0.25, 0.3) is 0 Å². The molecule has 0 spiro atoms. The summed E-state index contributed by atoms with van der Waals surface area (Å²) in [6.45, 7) is 0. The summed E-state index contributed by atoms with van der Waals surface area (Å²) in [7, 11) is 0. The highest BCUT2D eigenvalue weighted by molar-refractivity contribution is 6.08. The molecular formula is C51H42N4O4. The van der Waals surface area contributed by atoms with Crippen LogP contribution in [0.2, 0.25) is 0 Å². The van der Waals surface area contributed by atoms with Crippen LogP contribution in [-0.4, -0.2) is 32.3 Å². The molecule has 8 aromatic rings. The lowest BCUT2D eigenvalue weighted by Gasteiger charge is -2.18. The van der Waals surface area contributed by atoms with Gasteiger partial charge in [-0.3, -0.25) is 0 Å². The van der Waals surface area contributed by atoms with E-state index in [1.54, 1.807) is 24.3 Å². The maximum atomic E-state index is 9.75. The first kappa shape index (κ1) is 39.1. The molecule has 8 nitrogen and oxygen atoms in total. The number of phenols is 2. The minimum atomic E-state index is 0.0432. The van der Waals surface area contributed by atoms with Gasteiger partial charge in [0.05, 0.1) is 0 Å². The molecule has 0 heterocycles. The lowest BCUT2D eigenvalue weighted by molar-refractivity contribution is 0.318. The van der Waals surface area contributed by atoms with E-state index in [1.807, 2.05) is 146 Å². The van der Waals surface area contributed by atoms with Crippen molar-refractivity contribution in [1.82, 2.24) is 0 Å². The van der Waals surface area contributed by atoms with E-state index in [0.717, 1.165) is 61.2 Å². The number of benzene rings is 8. The lowest BCUT2D eigenvalue weighted by atomic mass is 9.86. The second-order valence-electron chi connectivity index (χ2n) is 13.8. The lowest BCUT2D eigenvalue weighted by Crippen LogP contribution is -2.15. The van der Waals surface area contributed by atoms with Crippen molar-refractivity contribution < 1.29 is 20.6 Å². The number of hydrogen-bond acceptors (Lipinski definition) is 6. The molecule has 0 aromatic heterocycles. The third-order valence-corrected chi connectivity index (χ3v) is 9.94. The van der Waals surface area contributed by atoms with E-state index in [9.17, 15) is 20.6 Å². The van der Waals surface area contributed by atoms with E-state index in [-0.39, 0.29) is 23.2 Å². The minimum absolute atomic E-state index is 0.0432. The molecule has 0 atom stereocenters. The second-order valence-corrected chi connectivity index (χ2v) is 13.8. The van der Waals surface area contributed by atoms with Gasteiger partial charge in [-0.1, -0.05) is 162 Å². The van der Waals surface area contributed by atoms with Crippen LogP contribution in [0.15, 0.2) is 204 Å². The Labute approximate surface area is 342 Å². The molecule has 8 aromatic carbocycles. The van der Waals surface area contributed by atoms with Crippen molar-refractivity contribution in [3.8, 4) is 67.1 Å². The summed E-state index contributed by atoms with van der Waals surface area (Å²) in [6, 6.07) is 62.1. The first-order valence-electron chi connectivity index (χ1n) is 18.9. The van der Waals surface area contributed by atoms with Gasteiger partial charge >= 0.3 is 0 Å². The molecule has 59 heavy (non-hydrogen) atoms. The molecule has 290 valence electrons. The molecule has 0 aliphatic heterocycles. The third-order valence-electron chi connectivity index (χ3n) is 9.94. The molecule has 0 amide bonds. The van der Waals surface area contributed by atoms with Gasteiger partial charge in [-0.2, -0.15) is 0 Å². The topological polar surface area (TPSA) is 158 Å². The number of nitrogens with two attached hydrogens (primary N) is 2. The SMILES string of the molecule is NC(=NO)c1cc(-c2ccccc2)cc(-c2ccc(O)cc2)c1-c1ccccc1.NC(=NO)c1cc(Cc2ccccc2)cc(-c2ccc(O)cc2)c1-c1ccccc1. The highest BCUT2D eigenvalue weighted by Gasteiger charge is 2.20. The van der Waals surface area contributed by atoms with Gasteiger partial charge in [0, 0.05) is 22.3 Å². The van der Waals surface area contributed by atoms with Crippen molar-refractivity contribution in [2.75, 3.05) is 0 Å². The Morgan fingerprint density at radius 1 is 0.373 bits per heavy atom. The van der Waals surface area contributed by atoms with Gasteiger partial charge in [0.15, 0.2) is 11.7 Å². The molecule has 8 rings (SSSR count). The van der Waals surface area contributed by atoms with Crippen molar-refractivity contribution >= 4 is 11.7 Å². The van der Waals surface area contributed by atoms with Crippen molar-refractivity contribution in [1.29, 1.82) is 0 Å². The zero-order chi connectivity index (χ0) is 41.1. The smallest absolute Gasteiger partial charge is 0.170 e. The van der Waals surface area contributed by atoms with Crippen molar-refractivity contribution in [2.24, 2.45) is 21.8 Å². The molecule has 0 radical (unpaired) electrons. The van der Waals surface area contributed by atoms with Crippen LogP contribution in [0.5, 0.6) is 11.5 Å². The summed E-state index contributed by atoms with van der Waals surface area (Å²) in [5, 5.41) is 45.0. The Bertz CT molecular complexity index is 2700. The predicted octanol–water partition coefficient (Wildman–Crippen LogP) is 10.9. The molecule has 0 aliphatic rings. The average molecular weight is 775 g/mol. The molecule has 0 bridgehead atoms. The third kappa shape index (κ3) is 9.14. The Hall–Kier alpha value is -8.10. The maximum absolute atomic E-state index is 9.75. The number of oxime groups is 2. The van der Waals surface area contributed by atoms with E-state index < -0.39 is 0 Å². The summed E-state index contributed by atoms with van der Waals surface area (Å²) in [5.74, 6) is 0.508. The van der Waals surface area contributed by atoms with Gasteiger partial charge in [-0.05, 0) is 105 Å². The van der Waals surface area contributed by atoms with Crippen molar-refractivity contribution in [3.63, 3.8) is 0 Å². The van der Waals surface area contributed by atoms with Gasteiger partial charge < -0.3 is 32.1 Å². The Kier molecular flexibility index (Phi) is 12.1. The van der Waals surface area contributed by atoms with Crippen molar-refractivity contribution in [3.05, 3.63) is 216 Å². The first-order chi connectivity index (χ1) is 28.8. The van der Waals surface area contributed by atoms with Crippen LogP contribution in [0.25, 0.3) is 55.6 Å². The molecule has 0 saturated heterocycles. The maximum Gasteiger partial charge on any atom is 0.170 e. The molecule has 8 heteroatoms. The van der Waals surface area contributed by atoms with Crippen molar-refractivity contribution in [2.45, 2.75) is 6.42 Å². The number of nitrogens with zero attached hydrogens (tertiary/aromatic N) is 2. The van der Waals surface area contributed by atoms with Crippen LogP contribution in [0, 0.1) is 0 Å². The number of phenolic OH excluding ortho intramolecular Hbond substituents is 2. The van der Waals surface area contributed by atoms with E-state index in [4.69, 9.17) is 11.5 Å². The fraction of sp³-hybridized carbons (Fsp3) is 0.0196. The van der Waals surface area contributed by atoms with E-state index >= 15 is 0 Å². The van der Waals surface area contributed by atoms with Crippen LogP contribution in [-0.2, 0) is 6.42 Å². The van der Waals surface area contributed by atoms with Gasteiger partial charge in [-0.15, -0.1) is 0 Å². The van der Waals surface area contributed by atoms with E-state index in [2.05, 4.69) is 34.6 Å². The fourth-order valence-electron chi connectivity index (χ4n) is 7.16. The highest BCUT2D eigenvalue weighted by Crippen LogP contribution is 2.40. The summed E-state index contributed by atoms with van der Waals surface area (Å²) >= 11 is 0. The predicted molar refractivity (Wildman–Crippen MR) is 238 cm³/mol. The number of hydrogen-bond donors (Lipinski definition) is 6. The molecule has 0 saturated carbocycles. The van der Waals surface area contributed by atoms with Gasteiger partial charge in [0.2, 0.25) is 0 Å².